The Balaban J connectivity index is 2.10. The first kappa shape index (κ1) is 7.43. The van der Waals surface area contributed by atoms with Gasteiger partial charge in [0.1, 0.15) is 0 Å². The van der Waals surface area contributed by atoms with Gasteiger partial charge >= 0.3 is 0 Å². The summed E-state index contributed by atoms with van der Waals surface area (Å²) in [7, 11) is 0. The summed E-state index contributed by atoms with van der Waals surface area (Å²) in [4.78, 5) is 0. The van der Waals surface area contributed by atoms with E-state index in [-0.39, 0.29) is 12.5 Å². The van der Waals surface area contributed by atoms with Crippen LogP contribution in [-0.4, -0.2) is 31.2 Å². The molecule has 64 valence electrons. The molecule has 1 saturated carbocycles. The molecular weight excluding hydrogens is 152 g/mol. The van der Waals surface area contributed by atoms with Crippen LogP contribution < -0.4 is 5.32 Å². The van der Waals surface area contributed by atoms with E-state index in [0.29, 0.717) is 19.6 Å². The largest absolute Gasteiger partial charge is 0.375 e. The van der Waals surface area contributed by atoms with E-state index in [2.05, 4.69) is 5.32 Å². The molecule has 2 fully saturated rings. The molecule has 0 aromatic rings. The minimum atomic E-state index is -2.55. The highest BCUT2D eigenvalue weighted by molar-refractivity contribution is 4.98. The van der Waals surface area contributed by atoms with Crippen LogP contribution in [0.1, 0.15) is 12.8 Å². The molecule has 2 rings (SSSR count). The fourth-order valence-electron chi connectivity index (χ4n) is 1.81. The lowest BCUT2D eigenvalue weighted by molar-refractivity contribution is -0.0723. The maximum absolute atomic E-state index is 12.9. The molecule has 2 unspecified atom stereocenters. The fourth-order valence-corrected chi connectivity index (χ4v) is 1.81. The minimum absolute atomic E-state index is 0.0324. The quantitative estimate of drug-likeness (QED) is 0.569. The van der Waals surface area contributed by atoms with Gasteiger partial charge in [-0.25, -0.2) is 8.78 Å². The lowest BCUT2D eigenvalue weighted by Crippen LogP contribution is -2.52. The Kier molecular flexibility index (Phi) is 1.61. The van der Waals surface area contributed by atoms with Crippen molar-refractivity contribution in [2.45, 2.75) is 30.9 Å². The zero-order valence-corrected chi connectivity index (χ0v) is 6.15. The molecular formula is C7H11F2NO. The van der Waals surface area contributed by atoms with Crippen molar-refractivity contribution in [3.63, 3.8) is 0 Å². The van der Waals surface area contributed by atoms with Gasteiger partial charge in [0.15, 0.2) is 0 Å². The monoisotopic (exact) mass is 163 g/mol. The van der Waals surface area contributed by atoms with E-state index in [4.69, 9.17) is 4.74 Å². The molecule has 4 heteroatoms. The molecule has 0 amide bonds. The molecule has 0 spiro atoms. The number of hydrogen-bond acceptors (Lipinski definition) is 2. The molecule has 2 atom stereocenters. The average Bonchev–Trinajstić information content (AvgIpc) is 2.29. The summed E-state index contributed by atoms with van der Waals surface area (Å²) < 4.78 is 31.1. The van der Waals surface area contributed by atoms with Crippen molar-refractivity contribution in [1.82, 2.24) is 5.32 Å². The molecule has 11 heavy (non-hydrogen) atoms. The zero-order chi connectivity index (χ0) is 7.90. The Morgan fingerprint density at radius 3 is 3.00 bits per heavy atom. The Hall–Kier alpha value is -0.220. The van der Waals surface area contributed by atoms with E-state index in [1.807, 2.05) is 0 Å². The van der Waals surface area contributed by atoms with Crippen LogP contribution in [0.15, 0.2) is 0 Å². The lowest BCUT2D eigenvalue weighted by Gasteiger charge is -2.29. The minimum Gasteiger partial charge on any atom is -0.375 e. The van der Waals surface area contributed by atoms with Crippen LogP contribution in [0, 0.1) is 0 Å². The second kappa shape index (κ2) is 2.38. The van der Waals surface area contributed by atoms with E-state index in [1.165, 1.54) is 0 Å². The summed E-state index contributed by atoms with van der Waals surface area (Å²) >= 11 is 0. The summed E-state index contributed by atoms with van der Waals surface area (Å²) in [5.74, 6) is -2.55. The summed E-state index contributed by atoms with van der Waals surface area (Å²) in [5.41, 5.74) is 0. The zero-order valence-electron chi connectivity index (χ0n) is 6.15. The predicted molar refractivity (Wildman–Crippen MR) is 35.7 cm³/mol. The molecule has 1 aliphatic carbocycles. The maximum atomic E-state index is 12.9. The van der Waals surface area contributed by atoms with Crippen molar-refractivity contribution in [3.05, 3.63) is 0 Å². The predicted octanol–water partition coefficient (Wildman–Crippen LogP) is 0.772. The topological polar surface area (TPSA) is 21.3 Å². The number of morpholine rings is 1. The van der Waals surface area contributed by atoms with Gasteiger partial charge in [0, 0.05) is 13.0 Å². The van der Waals surface area contributed by atoms with Gasteiger partial charge in [0.25, 0.3) is 5.92 Å². The van der Waals surface area contributed by atoms with Gasteiger partial charge in [-0.15, -0.1) is 0 Å². The summed E-state index contributed by atoms with van der Waals surface area (Å²) in [5, 5.41) is 2.80. The highest BCUT2D eigenvalue weighted by Gasteiger charge is 2.51. The Bertz CT molecular complexity index is 163. The molecule has 1 N–H and O–H groups in total. The van der Waals surface area contributed by atoms with E-state index in [1.54, 1.807) is 0 Å². The van der Waals surface area contributed by atoms with Crippen LogP contribution in [0.4, 0.5) is 8.78 Å². The van der Waals surface area contributed by atoms with Gasteiger partial charge in [-0.3, -0.25) is 0 Å². The molecule has 1 saturated heterocycles. The van der Waals surface area contributed by atoms with Gasteiger partial charge in [-0.1, -0.05) is 0 Å². The average molecular weight is 163 g/mol. The first-order valence-corrected chi connectivity index (χ1v) is 3.93. The molecule has 1 heterocycles. The second-order valence-electron chi connectivity index (χ2n) is 3.14. The number of rotatable bonds is 0. The maximum Gasteiger partial charge on any atom is 0.265 e. The fraction of sp³-hybridized carbons (Fsp3) is 1.00. The molecule has 0 radical (unpaired) electrons. The molecule has 2 aliphatic rings. The molecule has 0 aromatic heterocycles. The summed E-state index contributed by atoms with van der Waals surface area (Å²) in [6.45, 7) is 1.12. The first-order valence-electron chi connectivity index (χ1n) is 3.93. The number of fused-ring (bicyclic) bond motifs is 1. The Morgan fingerprint density at radius 1 is 1.45 bits per heavy atom. The van der Waals surface area contributed by atoms with Crippen LogP contribution >= 0.6 is 0 Å². The lowest BCUT2D eigenvalue weighted by atomic mass is 10.1. The van der Waals surface area contributed by atoms with Crippen molar-refractivity contribution in [2.75, 3.05) is 13.2 Å². The Morgan fingerprint density at radius 2 is 2.27 bits per heavy atom. The number of halogens is 2. The molecule has 0 aromatic carbocycles. The van der Waals surface area contributed by atoms with E-state index < -0.39 is 12.0 Å². The summed E-state index contributed by atoms with van der Waals surface area (Å²) in [6.07, 6.45) is 0.207. The molecule has 1 aliphatic heterocycles. The van der Waals surface area contributed by atoms with Crippen LogP contribution in [0.3, 0.4) is 0 Å². The standard InChI is InChI=1S/C7H11F2NO/c8-7(9)2-1-5-6(7)10-3-4-11-5/h5-6,10H,1-4H2. The highest BCUT2D eigenvalue weighted by Crippen LogP contribution is 2.37. The molecule has 0 bridgehead atoms. The van der Waals surface area contributed by atoms with Crippen molar-refractivity contribution in [3.8, 4) is 0 Å². The first-order chi connectivity index (χ1) is 5.20. The smallest absolute Gasteiger partial charge is 0.265 e. The number of alkyl halides is 2. The Labute approximate surface area is 63.9 Å². The third-order valence-electron chi connectivity index (χ3n) is 2.39. The van der Waals surface area contributed by atoms with E-state index in [9.17, 15) is 8.78 Å². The van der Waals surface area contributed by atoms with E-state index >= 15 is 0 Å². The normalized spacial score (nSPS) is 42.0. The highest BCUT2D eigenvalue weighted by atomic mass is 19.3. The molecule has 2 nitrogen and oxygen atoms in total. The number of hydrogen-bond donors (Lipinski definition) is 1. The van der Waals surface area contributed by atoms with Gasteiger partial charge in [-0.2, -0.15) is 0 Å². The van der Waals surface area contributed by atoms with Crippen LogP contribution in [0.2, 0.25) is 0 Å². The SMILES string of the molecule is FC1(F)CCC2OCCNC21. The van der Waals surface area contributed by atoms with Crippen molar-refractivity contribution in [1.29, 1.82) is 0 Å². The third-order valence-corrected chi connectivity index (χ3v) is 2.39. The summed E-state index contributed by atoms with van der Waals surface area (Å²) in [6, 6.07) is -0.726. The van der Waals surface area contributed by atoms with Crippen LogP contribution in [0.25, 0.3) is 0 Å². The van der Waals surface area contributed by atoms with Crippen molar-refractivity contribution in [2.24, 2.45) is 0 Å². The number of nitrogens with one attached hydrogen (secondary N) is 1. The van der Waals surface area contributed by atoms with Crippen LogP contribution in [0.5, 0.6) is 0 Å². The van der Waals surface area contributed by atoms with E-state index in [0.717, 1.165) is 0 Å². The van der Waals surface area contributed by atoms with Crippen LogP contribution in [-0.2, 0) is 4.74 Å². The number of ether oxygens (including phenoxy) is 1. The van der Waals surface area contributed by atoms with Gasteiger partial charge in [-0.05, 0) is 6.42 Å². The van der Waals surface area contributed by atoms with Crippen molar-refractivity contribution < 1.29 is 13.5 Å². The second-order valence-corrected chi connectivity index (χ2v) is 3.14. The third kappa shape index (κ3) is 1.14. The van der Waals surface area contributed by atoms with Gasteiger partial charge < -0.3 is 10.1 Å². The van der Waals surface area contributed by atoms with Gasteiger partial charge in [0.2, 0.25) is 0 Å². The van der Waals surface area contributed by atoms with Gasteiger partial charge in [0.05, 0.1) is 18.8 Å². The van der Waals surface area contributed by atoms with Crippen molar-refractivity contribution >= 4 is 0 Å².